The van der Waals surface area contributed by atoms with Crippen LogP contribution in [0.25, 0.3) is 10.8 Å². The molecule has 0 saturated carbocycles. The number of carbonyl (C=O) groups excluding carboxylic acids is 1. The molecule has 0 spiro atoms. The maximum Gasteiger partial charge on any atom is 0.269 e. The van der Waals surface area contributed by atoms with Crippen molar-refractivity contribution in [1.82, 2.24) is 9.88 Å². The van der Waals surface area contributed by atoms with Gasteiger partial charge in [-0.2, -0.15) is 0 Å². The number of nitro benzene ring substituents is 1. The zero-order valence-corrected chi connectivity index (χ0v) is 21.5. The van der Waals surface area contributed by atoms with Gasteiger partial charge in [-0.15, -0.1) is 0 Å². The standard InChI is InChI=1S/C29H30N4O5/c1-18-13-22(14-19(2)25(18)10-12-34)27(31-23-8-7-21-9-11-30-28(35)26(21)16-23)29(36)32(3)17-20-5-4-6-24(15-20)33(37)38/h4-9,11,13-16,27,31,34H,10,12,17H2,1-3H3,(H,30,35). The molecule has 38 heavy (non-hydrogen) atoms. The van der Waals surface area contributed by atoms with E-state index in [1.165, 1.54) is 17.0 Å². The lowest BCUT2D eigenvalue weighted by Gasteiger charge is -2.27. The maximum absolute atomic E-state index is 13.9. The molecule has 3 N–H and O–H groups in total. The molecule has 0 bridgehead atoms. The Morgan fingerprint density at radius 2 is 1.84 bits per heavy atom. The van der Waals surface area contributed by atoms with Crippen LogP contribution in [0.3, 0.4) is 0 Å². The summed E-state index contributed by atoms with van der Waals surface area (Å²) >= 11 is 0. The molecule has 3 aromatic carbocycles. The highest BCUT2D eigenvalue weighted by molar-refractivity contribution is 5.89. The Balaban J connectivity index is 1.71. The van der Waals surface area contributed by atoms with Crippen LogP contribution in [-0.2, 0) is 17.8 Å². The number of likely N-dealkylation sites (N-methyl/N-ethyl adjacent to an activating group) is 1. The first kappa shape index (κ1) is 26.6. The van der Waals surface area contributed by atoms with Crippen LogP contribution in [0.2, 0.25) is 0 Å². The van der Waals surface area contributed by atoms with E-state index < -0.39 is 11.0 Å². The van der Waals surface area contributed by atoms with Crippen molar-refractivity contribution in [2.24, 2.45) is 0 Å². The van der Waals surface area contributed by atoms with Crippen LogP contribution >= 0.6 is 0 Å². The summed E-state index contributed by atoms with van der Waals surface area (Å²) in [5, 5.41) is 25.3. The smallest absolute Gasteiger partial charge is 0.269 e. The van der Waals surface area contributed by atoms with E-state index in [0.29, 0.717) is 23.1 Å². The monoisotopic (exact) mass is 514 g/mol. The first-order chi connectivity index (χ1) is 18.2. The Labute approximate surface area is 219 Å². The maximum atomic E-state index is 13.9. The van der Waals surface area contributed by atoms with E-state index >= 15 is 0 Å². The third-order valence-electron chi connectivity index (χ3n) is 6.66. The van der Waals surface area contributed by atoms with Gasteiger partial charge in [0, 0.05) is 49.6 Å². The number of pyridine rings is 1. The fourth-order valence-electron chi connectivity index (χ4n) is 4.77. The number of aliphatic hydroxyl groups excluding tert-OH is 1. The van der Waals surface area contributed by atoms with E-state index in [2.05, 4.69) is 10.3 Å². The number of H-pyrrole nitrogens is 1. The van der Waals surface area contributed by atoms with Gasteiger partial charge < -0.3 is 20.3 Å². The fourth-order valence-corrected chi connectivity index (χ4v) is 4.77. The Hall–Kier alpha value is -4.50. The summed E-state index contributed by atoms with van der Waals surface area (Å²) in [6.45, 7) is 4.10. The second-order valence-corrected chi connectivity index (χ2v) is 9.41. The van der Waals surface area contributed by atoms with Crippen molar-refractivity contribution in [2.75, 3.05) is 19.0 Å². The molecule has 0 saturated heterocycles. The summed E-state index contributed by atoms with van der Waals surface area (Å²) in [6.07, 6.45) is 2.11. The molecular weight excluding hydrogens is 484 g/mol. The number of amides is 1. The third-order valence-corrected chi connectivity index (χ3v) is 6.66. The summed E-state index contributed by atoms with van der Waals surface area (Å²) in [5.74, 6) is -0.243. The zero-order chi connectivity index (χ0) is 27.4. The van der Waals surface area contributed by atoms with Crippen LogP contribution in [0.15, 0.2) is 71.7 Å². The molecule has 1 heterocycles. The van der Waals surface area contributed by atoms with Crippen molar-refractivity contribution in [3.63, 3.8) is 0 Å². The molecule has 196 valence electrons. The van der Waals surface area contributed by atoms with Crippen LogP contribution < -0.4 is 10.9 Å². The van der Waals surface area contributed by atoms with Gasteiger partial charge in [0.05, 0.1) is 4.92 Å². The topological polar surface area (TPSA) is 129 Å². The molecule has 0 aliphatic heterocycles. The molecule has 1 unspecified atom stereocenters. The molecule has 9 heteroatoms. The van der Waals surface area contributed by atoms with Crippen LogP contribution in [0.1, 0.15) is 33.9 Å². The molecule has 0 radical (unpaired) electrons. The fraction of sp³-hybridized carbons (Fsp3) is 0.241. The average Bonchev–Trinajstić information content (AvgIpc) is 2.89. The Morgan fingerprint density at radius 3 is 2.53 bits per heavy atom. The van der Waals surface area contributed by atoms with E-state index in [9.17, 15) is 24.8 Å². The van der Waals surface area contributed by atoms with Gasteiger partial charge in [0.1, 0.15) is 6.04 Å². The summed E-state index contributed by atoms with van der Waals surface area (Å²) in [7, 11) is 1.65. The number of nitrogens with zero attached hydrogens (tertiary/aromatic N) is 2. The van der Waals surface area contributed by atoms with E-state index in [1.54, 1.807) is 31.4 Å². The van der Waals surface area contributed by atoms with Crippen molar-refractivity contribution < 1.29 is 14.8 Å². The predicted molar refractivity (Wildman–Crippen MR) is 147 cm³/mol. The molecule has 4 rings (SSSR count). The number of hydrogen-bond donors (Lipinski definition) is 3. The van der Waals surface area contributed by atoms with Gasteiger partial charge in [-0.25, -0.2) is 0 Å². The predicted octanol–water partition coefficient (Wildman–Crippen LogP) is 4.40. The molecule has 1 amide bonds. The molecule has 4 aromatic rings. The van der Waals surface area contributed by atoms with Crippen LogP contribution in [0.4, 0.5) is 11.4 Å². The van der Waals surface area contributed by atoms with Gasteiger partial charge in [0.2, 0.25) is 5.91 Å². The normalized spacial score (nSPS) is 11.8. The number of aryl methyl sites for hydroxylation is 2. The first-order valence-corrected chi connectivity index (χ1v) is 12.2. The van der Waals surface area contributed by atoms with Crippen molar-refractivity contribution in [3.8, 4) is 0 Å². The Morgan fingerprint density at radius 1 is 1.11 bits per heavy atom. The minimum Gasteiger partial charge on any atom is -0.396 e. The SMILES string of the molecule is Cc1cc(C(Nc2ccc3cc[nH]c(=O)c3c2)C(=O)N(C)Cc2cccc([N+](=O)[O-])c2)cc(C)c1CCO. The summed E-state index contributed by atoms with van der Waals surface area (Å²) in [5.41, 5.74) is 4.67. The number of aromatic nitrogens is 1. The highest BCUT2D eigenvalue weighted by atomic mass is 16.6. The average molecular weight is 515 g/mol. The number of rotatable bonds is 9. The lowest BCUT2D eigenvalue weighted by molar-refractivity contribution is -0.384. The van der Waals surface area contributed by atoms with Gasteiger partial charge in [-0.1, -0.05) is 30.3 Å². The quantitative estimate of drug-likeness (QED) is 0.224. The third kappa shape index (κ3) is 5.73. The van der Waals surface area contributed by atoms with E-state index in [4.69, 9.17) is 0 Å². The van der Waals surface area contributed by atoms with Crippen LogP contribution in [0, 0.1) is 24.0 Å². The molecule has 9 nitrogen and oxygen atoms in total. The minimum absolute atomic E-state index is 0.0270. The van der Waals surface area contributed by atoms with Crippen LogP contribution in [-0.4, -0.2) is 39.5 Å². The van der Waals surface area contributed by atoms with Crippen molar-refractivity contribution >= 4 is 28.1 Å². The number of aromatic amines is 1. The number of anilines is 1. The second-order valence-electron chi connectivity index (χ2n) is 9.41. The highest BCUT2D eigenvalue weighted by Gasteiger charge is 2.26. The van der Waals surface area contributed by atoms with E-state index in [0.717, 1.165) is 27.6 Å². The van der Waals surface area contributed by atoms with E-state index in [1.807, 2.05) is 44.2 Å². The minimum atomic E-state index is -0.792. The van der Waals surface area contributed by atoms with Crippen molar-refractivity contribution in [3.05, 3.63) is 115 Å². The lowest BCUT2D eigenvalue weighted by atomic mass is 9.93. The number of nitro groups is 1. The largest absolute Gasteiger partial charge is 0.396 e. The highest BCUT2D eigenvalue weighted by Crippen LogP contribution is 2.28. The summed E-state index contributed by atoms with van der Waals surface area (Å²) in [6, 6.07) is 16.5. The summed E-state index contributed by atoms with van der Waals surface area (Å²) in [4.78, 5) is 41.2. The number of carbonyl (C=O) groups is 1. The Kier molecular flexibility index (Phi) is 7.87. The Bertz CT molecular complexity index is 1540. The van der Waals surface area contributed by atoms with Gasteiger partial charge in [0.15, 0.2) is 0 Å². The lowest BCUT2D eigenvalue weighted by Crippen LogP contribution is -2.35. The molecule has 1 atom stereocenters. The number of aliphatic hydroxyl groups is 1. The molecule has 1 aromatic heterocycles. The number of hydrogen-bond acceptors (Lipinski definition) is 6. The van der Waals surface area contributed by atoms with Gasteiger partial charge in [0.25, 0.3) is 11.2 Å². The van der Waals surface area contributed by atoms with Crippen LogP contribution in [0.5, 0.6) is 0 Å². The molecular formula is C29H30N4O5. The number of nitrogens with one attached hydrogen (secondary N) is 2. The van der Waals surface area contributed by atoms with Gasteiger partial charge in [-0.05, 0) is 71.7 Å². The molecule has 0 aliphatic carbocycles. The van der Waals surface area contributed by atoms with Crippen molar-refractivity contribution in [1.29, 1.82) is 0 Å². The van der Waals surface area contributed by atoms with E-state index in [-0.39, 0.29) is 30.3 Å². The zero-order valence-electron chi connectivity index (χ0n) is 21.5. The number of fused-ring (bicyclic) bond motifs is 1. The second kappa shape index (κ2) is 11.3. The number of non-ortho nitro benzene ring substituents is 1. The summed E-state index contributed by atoms with van der Waals surface area (Å²) < 4.78 is 0. The first-order valence-electron chi connectivity index (χ1n) is 12.2. The van der Waals surface area contributed by atoms with Gasteiger partial charge >= 0.3 is 0 Å². The molecule has 0 aliphatic rings. The molecule has 0 fully saturated rings. The van der Waals surface area contributed by atoms with Gasteiger partial charge in [-0.3, -0.25) is 19.7 Å². The number of benzene rings is 3. The van der Waals surface area contributed by atoms with Crippen molar-refractivity contribution in [2.45, 2.75) is 32.9 Å².